The first kappa shape index (κ1) is 26.8. The summed E-state index contributed by atoms with van der Waals surface area (Å²) in [6, 6.07) is 10.3. The minimum Gasteiger partial charge on any atom is -0.378 e. The molecule has 2 aromatic heterocycles. The van der Waals surface area contributed by atoms with E-state index in [-0.39, 0.29) is 59.9 Å². The molecule has 1 N–H and O–H groups in total. The van der Waals surface area contributed by atoms with Gasteiger partial charge in [-0.25, -0.2) is 4.98 Å². The lowest BCUT2D eigenvalue weighted by atomic mass is 10.1. The van der Waals surface area contributed by atoms with E-state index in [2.05, 4.69) is 15.4 Å². The summed E-state index contributed by atoms with van der Waals surface area (Å²) in [5.41, 5.74) is 1.61. The molecule has 39 heavy (non-hydrogen) atoms. The molecule has 204 valence electrons. The van der Waals surface area contributed by atoms with Crippen molar-refractivity contribution in [2.75, 3.05) is 38.2 Å². The number of Topliss-reactive ketones (excluding diaryl/α,β-unsaturated/α-hetero) is 1. The monoisotopic (exact) mass is 552 g/mol. The lowest BCUT2D eigenvalue weighted by Gasteiger charge is -2.26. The average molecular weight is 553 g/mol. The van der Waals surface area contributed by atoms with Gasteiger partial charge in [-0.3, -0.25) is 23.9 Å². The lowest BCUT2D eigenvalue weighted by Crippen LogP contribution is -2.41. The van der Waals surface area contributed by atoms with Gasteiger partial charge in [0.2, 0.25) is 17.7 Å². The van der Waals surface area contributed by atoms with Gasteiger partial charge < -0.3 is 19.9 Å². The van der Waals surface area contributed by atoms with E-state index in [1.807, 2.05) is 6.07 Å². The summed E-state index contributed by atoms with van der Waals surface area (Å²) in [6.07, 6.45) is 1.82. The number of pyridine rings is 1. The van der Waals surface area contributed by atoms with Crippen LogP contribution >= 0.6 is 11.6 Å². The molecule has 11 nitrogen and oxygen atoms in total. The molecule has 3 heterocycles. The Morgan fingerprint density at radius 1 is 1.13 bits per heavy atom. The molecule has 1 aliphatic carbocycles. The first-order valence-electron chi connectivity index (χ1n) is 12.9. The highest BCUT2D eigenvalue weighted by molar-refractivity contribution is 6.29. The van der Waals surface area contributed by atoms with E-state index in [9.17, 15) is 19.2 Å². The summed E-state index contributed by atoms with van der Waals surface area (Å²) in [5, 5.41) is 7.96. The summed E-state index contributed by atoms with van der Waals surface area (Å²) in [4.78, 5) is 58.5. The number of anilines is 1. The van der Waals surface area contributed by atoms with Crippen molar-refractivity contribution in [3.8, 4) is 0 Å². The molecule has 12 heteroatoms. The second-order valence-corrected chi connectivity index (χ2v) is 10.1. The second kappa shape index (κ2) is 11.5. The average Bonchev–Trinajstić information content (AvgIpc) is 3.69. The Morgan fingerprint density at radius 2 is 1.90 bits per heavy atom. The van der Waals surface area contributed by atoms with Gasteiger partial charge in [0.25, 0.3) is 0 Å². The minimum absolute atomic E-state index is 0.00378. The fourth-order valence-electron chi connectivity index (χ4n) is 4.66. The molecule has 1 aliphatic heterocycles. The predicted octanol–water partition coefficient (Wildman–Crippen LogP) is 2.32. The van der Waals surface area contributed by atoms with Gasteiger partial charge in [0.15, 0.2) is 5.78 Å². The number of halogens is 1. The summed E-state index contributed by atoms with van der Waals surface area (Å²) in [7, 11) is 0. The van der Waals surface area contributed by atoms with E-state index in [0.717, 1.165) is 18.4 Å². The van der Waals surface area contributed by atoms with Crippen LogP contribution in [0.2, 0.25) is 5.15 Å². The molecule has 3 aromatic rings. The van der Waals surface area contributed by atoms with E-state index >= 15 is 0 Å². The van der Waals surface area contributed by atoms with Crippen LogP contribution in [0.3, 0.4) is 0 Å². The van der Waals surface area contributed by atoms with Crippen molar-refractivity contribution in [2.45, 2.75) is 38.8 Å². The van der Waals surface area contributed by atoms with Gasteiger partial charge in [-0.2, -0.15) is 5.10 Å². The number of morpholine rings is 1. The molecule has 5 rings (SSSR count). The molecular formula is C27H29ClN6O5. The largest absolute Gasteiger partial charge is 0.378 e. The first-order chi connectivity index (χ1) is 18.8. The number of amides is 3. The van der Waals surface area contributed by atoms with Crippen molar-refractivity contribution in [3.05, 3.63) is 52.8 Å². The number of carbonyl (C=O) groups excluding carboxylic acids is 4. The Bertz CT molecular complexity index is 1430. The van der Waals surface area contributed by atoms with Gasteiger partial charge in [-0.05, 0) is 42.7 Å². The molecule has 0 radical (unpaired) electrons. The summed E-state index contributed by atoms with van der Waals surface area (Å²) >= 11 is 5.89. The summed E-state index contributed by atoms with van der Waals surface area (Å²) < 4.78 is 6.81. The zero-order valence-corrected chi connectivity index (χ0v) is 22.3. The van der Waals surface area contributed by atoms with Crippen molar-refractivity contribution in [3.63, 3.8) is 0 Å². The molecule has 3 amide bonds. The molecule has 2 fully saturated rings. The van der Waals surface area contributed by atoms with Gasteiger partial charge >= 0.3 is 0 Å². The van der Waals surface area contributed by atoms with Crippen LogP contribution in [0.25, 0.3) is 10.9 Å². The number of benzene rings is 1. The third kappa shape index (κ3) is 6.43. The number of carbonyl (C=O) groups is 4. The third-order valence-corrected chi connectivity index (χ3v) is 6.97. The minimum atomic E-state index is -0.380. The van der Waals surface area contributed by atoms with Crippen LogP contribution in [-0.4, -0.2) is 87.0 Å². The predicted molar refractivity (Wildman–Crippen MR) is 143 cm³/mol. The van der Waals surface area contributed by atoms with Gasteiger partial charge in [-0.15, -0.1) is 0 Å². The highest BCUT2D eigenvalue weighted by atomic mass is 35.5. The number of ketones is 1. The Morgan fingerprint density at radius 3 is 2.59 bits per heavy atom. The van der Waals surface area contributed by atoms with Crippen molar-refractivity contribution in [2.24, 2.45) is 0 Å². The number of hydrogen-bond acceptors (Lipinski definition) is 7. The number of nitrogens with one attached hydrogen (secondary N) is 1. The topological polar surface area (TPSA) is 127 Å². The van der Waals surface area contributed by atoms with Gasteiger partial charge in [0.1, 0.15) is 29.8 Å². The standard InChI is InChI=1S/C27H29ClN6O5/c1-17(35)27-20-13-18(14-25(37)32-9-11-39-12-10-32)5-8-21(20)34(31-27)16-26(38)33(19-6-7-19)15-24(36)30-23-4-2-3-22(28)29-23/h2-5,8,13,19H,6-7,9-12,14-16H2,1H3,(H,29,30,36). The van der Waals surface area contributed by atoms with Crippen molar-refractivity contribution >= 4 is 51.8 Å². The van der Waals surface area contributed by atoms with Gasteiger partial charge in [-0.1, -0.05) is 23.7 Å². The van der Waals surface area contributed by atoms with Crippen LogP contribution in [0.5, 0.6) is 0 Å². The van der Waals surface area contributed by atoms with Crippen molar-refractivity contribution < 1.29 is 23.9 Å². The summed E-state index contributed by atoms with van der Waals surface area (Å²) in [5.74, 6) is -0.596. The van der Waals surface area contributed by atoms with Crippen LogP contribution in [0, 0.1) is 0 Å². The number of nitrogens with zero attached hydrogens (tertiary/aromatic N) is 5. The van der Waals surface area contributed by atoms with Gasteiger partial charge in [0.05, 0.1) is 25.2 Å². The number of rotatable bonds is 9. The van der Waals surface area contributed by atoms with E-state index in [1.54, 1.807) is 35.2 Å². The molecule has 0 spiro atoms. The molecule has 0 bridgehead atoms. The molecule has 1 aromatic carbocycles. The quantitative estimate of drug-likeness (QED) is 0.319. The SMILES string of the molecule is CC(=O)c1nn(CC(=O)N(CC(=O)Nc2cccc(Cl)n2)C2CC2)c2ccc(CC(=O)N3CCOCC3)cc12. The fraction of sp³-hybridized carbons (Fsp3) is 0.407. The number of fused-ring (bicyclic) bond motifs is 1. The smallest absolute Gasteiger partial charge is 0.245 e. The van der Waals surface area contributed by atoms with E-state index in [1.165, 1.54) is 16.5 Å². The number of hydrogen-bond donors (Lipinski definition) is 1. The molecule has 0 unspecified atom stereocenters. The van der Waals surface area contributed by atoms with Gasteiger partial charge in [0, 0.05) is 31.4 Å². The van der Waals surface area contributed by atoms with Crippen LogP contribution in [0.1, 0.15) is 35.8 Å². The van der Waals surface area contributed by atoms with Crippen molar-refractivity contribution in [1.29, 1.82) is 0 Å². The maximum Gasteiger partial charge on any atom is 0.245 e. The fourth-order valence-corrected chi connectivity index (χ4v) is 4.82. The van der Waals surface area contributed by atoms with Crippen molar-refractivity contribution in [1.82, 2.24) is 24.6 Å². The normalized spacial score (nSPS) is 15.3. The van der Waals surface area contributed by atoms with Crippen LogP contribution in [0.4, 0.5) is 5.82 Å². The number of aromatic nitrogens is 3. The Hall–Kier alpha value is -3.83. The zero-order valence-electron chi connectivity index (χ0n) is 21.6. The maximum atomic E-state index is 13.3. The first-order valence-corrected chi connectivity index (χ1v) is 13.2. The Labute approximate surface area is 230 Å². The second-order valence-electron chi connectivity index (χ2n) is 9.73. The van der Waals surface area contributed by atoms with E-state index in [4.69, 9.17) is 16.3 Å². The van der Waals surface area contributed by atoms with Crippen LogP contribution in [0.15, 0.2) is 36.4 Å². The zero-order chi connectivity index (χ0) is 27.5. The number of ether oxygens (including phenoxy) is 1. The van der Waals surface area contributed by atoms with Crippen LogP contribution < -0.4 is 5.32 Å². The summed E-state index contributed by atoms with van der Waals surface area (Å²) in [6.45, 7) is 3.33. The van der Waals surface area contributed by atoms with E-state index in [0.29, 0.717) is 43.0 Å². The Kier molecular flexibility index (Phi) is 7.89. The maximum absolute atomic E-state index is 13.3. The molecule has 1 saturated heterocycles. The molecular weight excluding hydrogens is 524 g/mol. The highest BCUT2D eigenvalue weighted by Gasteiger charge is 2.34. The molecule has 0 atom stereocenters. The third-order valence-electron chi connectivity index (χ3n) is 6.76. The van der Waals surface area contributed by atoms with Crippen LogP contribution in [-0.2, 0) is 32.1 Å². The van der Waals surface area contributed by atoms with E-state index < -0.39 is 0 Å². The molecule has 2 aliphatic rings. The molecule has 1 saturated carbocycles. The highest BCUT2D eigenvalue weighted by Crippen LogP contribution is 2.28. The lowest BCUT2D eigenvalue weighted by molar-refractivity contribution is -0.136. The Balaban J connectivity index is 1.31.